The van der Waals surface area contributed by atoms with Gasteiger partial charge in [-0.2, -0.15) is 0 Å². The zero-order valence-electron chi connectivity index (χ0n) is 17.7. The molecule has 1 aliphatic carbocycles. The van der Waals surface area contributed by atoms with Crippen LogP contribution in [0.15, 0.2) is 17.3 Å². The number of carbonyl (C=O) groups excluding carboxylic acids is 1. The molecule has 1 heterocycles. The predicted octanol–water partition coefficient (Wildman–Crippen LogP) is 4.54. The maximum atomic E-state index is 12.6. The zero-order chi connectivity index (χ0) is 21.5. The van der Waals surface area contributed by atoms with Crippen molar-refractivity contribution in [1.29, 1.82) is 0 Å². The van der Waals surface area contributed by atoms with Crippen molar-refractivity contribution in [1.82, 2.24) is 20.1 Å². The number of carbonyl (C=O) groups is 1. The smallest absolute Gasteiger partial charge is 0.251 e. The van der Waals surface area contributed by atoms with Gasteiger partial charge in [-0.25, -0.2) is 0 Å². The molecule has 0 spiro atoms. The number of amides is 1. The van der Waals surface area contributed by atoms with E-state index in [0.717, 1.165) is 23.8 Å². The lowest BCUT2D eigenvalue weighted by Crippen LogP contribution is -2.25. The van der Waals surface area contributed by atoms with E-state index in [9.17, 15) is 4.79 Å². The Labute approximate surface area is 186 Å². The molecule has 3 rings (SSSR count). The Morgan fingerprint density at radius 3 is 2.77 bits per heavy atom. The van der Waals surface area contributed by atoms with Crippen molar-refractivity contribution in [3.05, 3.63) is 28.5 Å². The van der Waals surface area contributed by atoms with Crippen LogP contribution in [-0.2, 0) is 6.42 Å². The van der Waals surface area contributed by atoms with E-state index in [4.69, 9.17) is 21.1 Å². The van der Waals surface area contributed by atoms with Gasteiger partial charge in [0.25, 0.3) is 5.91 Å². The van der Waals surface area contributed by atoms with E-state index >= 15 is 0 Å². The van der Waals surface area contributed by atoms with Crippen LogP contribution in [0.25, 0.3) is 0 Å². The number of nitrogens with one attached hydrogen (secondary N) is 1. The second kappa shape index (κ2) is 10.9. The Bertz CT molecular complexity index is 868. The van der Waals surface area contributed by atoms with Crippen molar-refractivity contribution >= 4 is 29.3 Å². The van der Waals surface area contributed by atoms with E-state index in [1.807, 2.05) is 13.2 Å². The molecule has 0 saturated heterocycles. The van der Waals surface area contributed by atoms with Crippen LogP contribution < -0.4 is 14.8 Å². The number of benzene rings is 1. The summed E-state index contributed by atoms with van der Waals surface area (Å²) in [5.74, 6) is 1.71. The molecular weight excluding hydrogens is 424 g/mol. The van der Waals surface area contributed by atoms with Crippen LogP contribution in [0.1, 0.15) is 61.3 Å². The topological polar surface area (TPSA) is 78.3 Å². The van der Waals surface area contributed by atoms with Crippen LogP contribution in [0.5, 0.6) is 11.5 Å². The van der Waals surface area contributed by atoms with Gasteiger partial charge in [0.2, 0.25) is 0 Å². The highest BCUT2D eigenvalue weighted by atomic mass is 35.5. The SMILES string of the molecule is CCOc1c(Cl)cc(C(=O)NCCCc2nnc(SC)n2C2CCCC2)cc1OC. The first-order valence-electron chi connectivity index (χ1n) is 10.3. The van der Waals surface area contributed by atoms with Gasteiger partial charge in [0, 0.05) is 24.6 Å². The number of ether oxygens (including phenoxy) is 2. The molecule has 1 aliphatic rings. The fraction of sp³-hybridized carbons (Fsp3) is 0.571. The van der Waals surface area contributed by atoms with Gasteiger partial charge in [-0.1, -0.05) is 36.2 Å². The summed E-state index contributed by atoms with van der Waals surface area (Å²) in [6, 6.07) is 3.75. The molecule has 1 N–H and O–H groups in total. The van der Waals surface area contributed by atoms with Gasteiger partial charge < -0.3 is 19.4 Å². The molecule has 1 aromatic carbocycles. The Hall–Kier alpha value is -1.93. The minimum Gasteiger partial charge on any atom is -0.493 e. The molecule has 0 unspecified atom stereocenters. The molecule has 1 fully saturated rings. The van der Waals surface area contributed by atoms with Gasteiger partial charge in [0.15, 0.2) is 16.7 Å². The van der Waals surface area contributed by atoms with Crippen molar-refractivity contribution in [3.63, 3.8) is 0 Å². The highest BCUT2D eigenvalue weighted by Gasteiger charge is 2.23. The van der Waals surface area contributed by atoms with Gasteiger partial charge in [0.1, 0.15) is 5.82 Å². The van der Waals surface area contributed by atoms with Crippen molar-refractivity contribution in [2.45, 2.75) is 56.6 Å². The molecule has 0 aliphatic heterocycles. The molecule has 30 heavy (non-hydrogen) atoms. The highest BCUT2D eigenvalue weighted by molar-refractivity contribution is 7.98. The Morgan fingerprint density at radius 2 is 2.10 bits per heavy atom. The van der Waals surface area contributed by atoms with Crippen LogP contribution in [-0.4, -0.2) is 47.2 Å². The van der Waals surface area contributed by atoms with E-state index in [-0.39, 0.29) is 5.91 Å². The molecule has 164 valence electrons. The molecule has 7 nitrogen and oxygen atoms in total. The monoisotopic (exact) mass is 452 g/mol. The average molecular weight is 453 g/mol. The van der Waals surface area contributed by atoms with Crippen molar-refractivity contribution < 1.29 is 14.3 Å². The van der Waals surface area contributed by atoms with Crippen LogP contribution in [0, 0.1) is 0 Å². The number of hydrogen-bond donors (Lipinski definition) is 1. The Kier molecular flexibility index (Phi) is 8.27. The largest absolute Gasteiger partial charge is 0.493 e. The molecule has 2 aromatic rings. The Balaban J connectivity index is 1.58. The number of halogens is 1. The fourth-order valence-corrected chi connectivity index (χ4v) is 4.67. The van der Waals surface area contributed by atoms with E-state index in [1.54, 1.807) is 23.9 Å². The molecule has 1 saturated carbocycles. The number of rotatable bonds is 10. The lowest BCUT2D eigenvalue weighted by Gasteiger charge is -2.16. The van der Waals surface area contributed by atoms with Crippen LogP contribution in [0.4, 0.5) is 0 Å². The second-order valence-electron chi connectivity index (χ2n) is 7.19. The number of methoxy groups -OCH3 is 1. The third kappa shape index (κ3) is 5.21. The molecule has 9 heteroatoms. The summed E-state index contributed by atoms with van der Waals surface area (Å²) in [4.78, 5) is 12.6. The number of aryl methyl sites for hydroxylation is 1. The van der Waals surface area contributed by atoms with Crippen molar-refractivity contribution in [2.75, 3.05) is 26.5 Å². The molecule has 0 atom stereocenters. The van der Waals surface area contributed by atoms with E-state index in [2.05, 4.69) is 20.1 Å². The van der Waals surface area contributed by atoms with Gasteiger partial charge in [-0.3, -0.25) is 4.79 Å². The van der Waals surface area contributed by atoms with Crippen LogP contribution in [0.2, 0.25) is 5.02 Å². The first-order valence-corrected chi connectivity index (χ1v) is 12.0. The van der Waals surface area contributed by atoms with Gasteiger partial charge in [-0.15, -0.1) is 10.2 Å². The summed E-state index contributed by atoms with van der Waals surface area (Å²) >= 11 is 7.91. The van der Waals surface area contributed by atoms with Gasteiger partial charge >= 0.3 is 0 Å². The summed E-state index contributed by atoms with van der Waals surface area (Å²) in [5, 5.41) is 13.0. The van der Waals surface area contributed by atoms with E-state index in [0.29, 0.717) is 41.3 Å². The number of hydrogen-bond acceptors (Lipinski definition) is 6. The van der Waals surface area contributed by atoms with Crippen LogP contribution in [0.3, 0.4) is 0 Å². The number of thioether (sulfide) groups is 1. The lowest BCUT2D eigenvalue weighted by atomic mass is 10.1. The normalized spacial score (nSPS) is 14.1. The third-order valence-corrected chi connectivity index (χ3v) is 6.17. The molecular formula is C21H29ClN4O3S. The average Bonchev–Trinajstić information content (AvgIpc) is 3.41. The maximum absolute atomic E-state index is 12.6. The maximum Gasteiger partial charge on any atom is 0.251 e. The highest BCUT2D eigenvalue weighted by Crippen LogP contribution is 2.36. The minimum atomic E-state index is -0.194. The first-order chi connectivity index (χ1) is 14.6. The first kappa shape index (κ1) is 22.7. The molecule has 1 aromatic heterocycles. The number of aromatic nitrogens is 3. The van der Waals surface area contributed by atoms with E-state index in [1.165, 1.54) is 32.8 Å². The summed E-state index contributed by atoms with van der Waals surface area (Å²) in [6.07, 6.45) is 8.51. The quantitative estimate of drug-likeness (QED) is 0.421. The Morgan fingerprint density at radius 1 is 1.33 bits per heavy atom. The van der Waals surface area contributed by atoms with Crippen LogP contribution >= 0.6 is 23.4 Å². The standard InChI is InChI=1S/C21H29ClN4O3S/c1-4-29-19-16(22)12-14(13-17(19)28-2)20(27)23-11-7-10-18-24-25-21(30-3)26(18)15-8-5-6-9-15/h12-13,15H,4-11H2,1-3H3,(H,23,27). The van der Waals surface area contributed by atoms with Crippen molar-refractivity contribution in [2.24, 2.45) is 0 Å². The predicted molar refractivity (Wildman–Crippen MR) is 119 cm³/mol. The lowest BCUT2D eigenvalue weighted by molar-refractivity contribution is 0.0952. The van der Waals surface area contributed by atoms with Gasteiger partial charge in [0.05, 0.1) is 18.7 Å². The second-order valence-corrected chi connectivity index (χ2v) is 8.37. The summed E-state index contributed by atoms with van der Waals surface area (Å²) in [7, 11) is 1.53. The van der Waals surface area contributed by atoms with E-state index < -0.39 is 0 Å². The van der Waals surface area contributed by atoms with Gasteiger partial charge in [-0.05, 0) is 44.6 Å². The van der Waals surface area contributed by atoms with Crippen molar-refractivity contribution in [3.8, 4) is 11.5 Å². The minimum absolute atomic E-state index is 0.194. The summed E-state index contributed by atoms with van der Waals surface area (Å²) in [5.41, 5.74) is 0.444. The summed E-state index contributed by atoms with van der Waals surface area (Å²) < 4.78 is 13.1. The summed E-state index contributed by atoms with van der Waals surface area (Å²) in [6.45, 7) is 2.87. The molecule has 0 radical (unpaired) electrons. The molecule has 1 amide bonds. The fourth-order valence-electron chi connectivity index (χ4n) is 3.83. The number of nitrogens with zero attached hydrogens (tertiary/aromatic N) is 3. The zero-order valence-corrected chi connectivity index (χ0v) is 19.3. The third-order valence-electron chi connectivity index (χ3n) is 5.25. The molecule has 0 bridgehead atoms.